The topological polar surface area (TPSA) is 63.8 Å². The zero-order valence-electron chi connectivity index (χ0n) is 11.1. The third-order valence-electron chi connectivity index (χ3n) is 3.95. The second kappa shape index (κ2) is 5.09. The number of aromatic nitrogens is 3. The predicted octanol–water partition coefficient (Wildman–Crippen LogP) is 2.16. The largest absolute Gasteiger partial charge is 0.338 e. The summed E-state index contributed by atoms with van der Waals surface area (Å²) in [4.78, 5) is 8.68. The quantitative estimate of drug-likeness (QED) is 0.914. The van der Waals surface area contributed by atoms with E-state index in [2.05, 4.69) is 27.4 Å². The first kappa shape index (κ1) is 12.3. The van der Waals surface area contributed by atoms with Gasteiger partial charge in [-0.1, -0.05) is 12.1 Å². The van der Waals surface area contributed by atoms with E-state index >= 15 is 0 Å². The van der Waals surface area contributed by atoms with Crippen molar-refractivity contribution in [3.8, 4) is 11.4 Å². The lowest BCUT2D eigenvalue weighted by Gasteiger charge is -2.33. The molecule has 0 spiro atoms. The van der Waals surface area contributed by atoms with Gasteiger partial charge in [0, 0.05) is 24.5 Å². The van der Waals surface area contributed by atoms with Gasteiger partial charge in [0.05, 0.1) is 5.41 Å². The minimum atomic E-state index is -0.00823. The van der Waals surface area contributed by atoms with Gasteiger partial charge in [-0.2, -0.15) is 4.98 Å². The summed E-state index contributed by atoms with van der Waals surface area (Å²) in [5.41, 5.74) is 0.888. The highest BCUT2D eigenvalue weighted by molar-refractivity contribution is 5.52. The second-order valence-electron chi connectivity index (χ2n) is 5.08. The molecule has 1 atom stereocenters. The average molecular weight is 258 g/mol. The first-order valence-corrected chi connectivity index (χ1v) is 6.79. The van der Waals surface area contributed by atoms with Crippen LogP contribution >= 0.6 is 0 Å². The number of piperidine rings is 1. The fourth-order valence-corrected chi connectivity index (χ4v) is 2.65. The number of nitrogens with zero attached hydrogens (tertiary/aromatic N) is 3. The van der Waals surface area contributed by atoms with E-state index in [4.69, 9.17) is 4.52 Å². The number of hydrogen-bond acceptors (Lipinski definition) is 5. The van der Waals surface area contributed by atoms with E-state index in [0.717, 1.165) is 43.8 Å². The Labute approximate surface area is 112 Å². The molecule has 5 heteroatoms. The summed E-state index contributed by atoms with van der Waals surface area (Å²) in [6, 6.07) is 3.82. The Morgan fingerprint density at radius 3 is 3.11 bits per heavy atom. The van der Waals surface area contributed by atoms with Crippen LogP contribution in [0.4, 0.5) is 0 Å². The summed E-state index contributed by atoms with van der Waals surface area (Å²) < 4.78 is 5.52. The molecule has 0 bridgehead atoms. The Morgan fingerprint density at radius 1 is 1.47 bits per heavy atom. The van der Waals surface area contributed by atoms with Gasteiger partial charge in [0.15, 0.2) is 0 Å². The number of pyridine rings is 1. The molecule has 1 unspecified atom stereocenters. The normalized spacial score (nSPS) is 23.4. The summed E-state index contributed by atoms with van der Waals surface area (Å²) in [6.45, 7) is 4.17. The maximum atomic E-state index is 5.52. The van der Waals surface area contributed by atoms with E-state index in [1.165, 1.54) is 0 Å². The lowest BCUT2D eigenvalue weighted by molar-refractivity contribution is 0.221. The maximum Gasteiger partial charge on any atom is 0.234 e. The molecule has 0 aliphatic carbocycles. The Kier molecular flexibility index (Phi) is 3.29. The highest BCUT2D eigenvalue weighted by Crippen LogP contribution is 2.34. The fourth-order valence-electron chi connectivity index (χ4n) is 2.65. The van der Waals surface area contributed by atoms with E-state index in [-0.39, 0.29) is 5.41 Å². The van der Waals surface area contributed by atoms with Crippen LogP contribution in [0.1, 0.15) is 32.1 Å². The zero-order chi connectivity index (χ0) is 13.1. The van der Waals surface area contributed by atoms with Crippen LogP contribution in [-0.4, -0.2) is 28.2 Å². The molecule has 0 amide bonds. The van der Waals surface area contributed by atoms with Crippen molar-refractivity contribution >= 4 is 0 Å². The van der Waals surface area contributed by atoms with Crippen LogP contribution in [0.15, 0.2) is 29.0 Å². The summed E-state index contributed by atoms with van der Waals surface area (Å²) in [6.07, 6.45) is 6.76. The molecule has 19 heavy (non-hydrogen) atoms. The molecule has 100 valence electrons. The van der Waals surface area contributed by atoms with Gasteiger partial charge in [-0.05, 0) is 37.9 Å². The molecule has 2 aromatic rings. The lowest BCUT2D eigenvalue weighted by atomic mass is 9.78. The summed E-state index contributed by atoms with van der Waals surface area (Å²) in [5, 5.41) is 7.53. The van der Waals surface area contributed by atoms with E-state index in [1.807, 2.05) is 12.1 Å². The molecule has 1 aliphatic rings. The molecule has 3 rings (SSSR count). The van der Waals surface area contributed by atoms with Crippen LogP contribution < -0.4 is 5.32 Å². The molecule has 0 radical (unpaired) electrons. The van der Waals surface area contributed by atoms with Crippen molar-refractivity contribution in [3.63, 3.8) is 0 Å². The van der Waals surface area contributed by atoms with E-state index < -0.39 is 0 Å². The van der Waals surface area contributed by atoms with E-state index in [9.17, 15) is 0 Å². The van der Waals surface area contributed by atoms with Crippen LogP contribution in [0.5, 0.6) is 0 Å². The lowest BCUT2D eigenvalue weighted by Crippen LogP contribution is -2.43. The second-order valence-corrected chi connectivity index (χ2v) is 5.08. The van der Waals surface area contributed by atoms with Crippen molar-refractivity contribution in [3.05, 3.63) is 30.4 Å². The highest BCUT2D eigenvalue weighted by Gasteiger charge is 2.37. The molecular formula is C14H18N4O. The van der Waals surface area contributed by atoms with Gasteiger partial charge < -0.3 is 9.84 Å². The van der Waals surface area contributed by atoms with Gasteiger partial charge in [-0.15, -0.1) is 0 Å². The summed E-state index contributed by atoms with van der Waals surface area (Å²) in [5.74, 6) is 1.38. The van der Waals surface area contributed by atoms with Gasteiger partial charge in [-0.25, -0.2) is 0 Å². The molecule has 3 heterocycles. The van der Waals surface area contributed by atoms with Gasteiger partial charge in [0.25, 0.3) is 0 Å². The zero-order valence-corrected chi connectivity index (χ0v) is 11.1. The molecule has 2 aromatic heterocycles. The smallest absolute Gasteiger partial charge is 0.234 e. The Balaban J connectivity index is 1.92. The first-order chi connectivity index (χ1) is 9.34. The SMILES string of the molecule is CCC1(c2nc(-c3cccnc3)no2)CCCNC1. The number of rotatable bonds is 3. The molecule has 1 N–H and O–H groups in total. The Morgan fingerprint density at radius 2 is 2.42 bits per heavy atom. The minimum absolute atomic E-state index is 0.00823. The monoisotopic (exact) mass is 258 g/mol. The van der Waals surface area contributed by atoms with Gasteiger partial charge >= 0.3 is 0 Å². The molecule has 0 aromatic carbocycles. The molecular weight excluding hydrogens is 240 g/mol. The molecule has 5 nitrogen and oxygen atoms in total. The van der Waals surface area contributed by atoms with Crippen molar-refractivity contribution in [2.45, 2.75) is 31.6 Å². The number of hydrogen-bond donors (Lipinski definition) is 1. The van der Waals surface area contributed by atoms with Crippen molar-refractivity contribution in [2.75, 3.05) is 13.1 Å². The third-order valence-corrected chi connectivity index (χ3v) is 3.95. The minimum Gasteiger partial charge on any atom is -0.338 e. The standard InChI is InChI=1S/C14H18N4O/c1-2-14(6-4-8-16-10-14)13-17-12(18-19-13)11-5-3-7-15-9-11/h3,5,7,9,16H,2,4,6,8,10H2,1H3. The fraction of sp³-hybridized carbons (Fsp3) is 0.500. The average Bonchev–Trinajstić information content (AvgIpc) is 2.99. The highest BCUT2D eigenvalue weighted by atomic mass is 16.5. The predicted molar refractivity (Wildman–Crippen MR) is 71.6 cm³/mol. The van der Waals surface area contributed by atoms with E-state index in [0.29, 0.717) is 5.82 Å². The van der Waals surface area contributed by atoms with Crippen LogP contribution in [-0.2, 0) is 5.41 Å². The molecule has 1 fully saturated rings. The molecule has 0 saturated carbocycles. The Bertz CT molecular complexity index is 531. The maximum absolute atomic E-state index is 5.52. The van der Waals surface area contributed by atoms with Gasteiger partial charge in [0.1, 0.15) is 0 Å². The molecule has 1 saturated heterocycles. The first-order valence-electron chi connectivity index (χ1n) is 6.79. The van der Waals surface area contributed by atoms with Gasteiger partial charge in [-0.3, -0.25) is 4.98 Å². The summed E-state index contributed by atoms with van der Waals surface area (Å²) >= 11 is 0. The summed E-state index contributed by atoms with van der Waals surface area (Å²) in [7, 11) is 0. The van der Waals surface area contributed by atoms with Gasteiger partial charge in [0.2, 0.25) is 11.7 Å². The third kappa shape index (κ3) is 2.26. The van der Waals surface area contributed by atoms with Crippen LogP contribution in [0, 0.1) is 0 Å². The van der Waals surface area contributed by atoms with Crippen molar-refractivity contribution in [1.82, 2.24) is 20.4 Å². The Hall–Kier alpha value is -1.75. The van der Waals surface area contributed by atoms with Crippen LogP contribution in [0.2, 0.25) is 0 Å². The van der Waals surface area contributed by atoms with Crippen molar-refractivity contribution < 1.29 is 4.52 Å². The van der Waals surface area contributed by atoms with Crippen LogP contribution in [0.25, 0.3) is 11.4 Å². The van der Waals surface area contributed by atoms with Crippen LogP contribution in [0.3, 0.4) is 0 Å². The van der Waals surface area contributed by atoms with E-state index in [1.54, 1.807) is 12.4 Å². The molecule has 1 aliphatic heterocycles. The number of nitrogens with one attached hydrogen (secondary N) is 1. The van der Waals surface area contributed by atoms with Crippen molar-refractivity contribution in [1.29, 1.82) is 0 Å². The van der Waals surface area contributed by atoms with Crippen molar-refractivity contribution in [2.24, 2.45) is 0 Å².